The van der Waals surface area contributed by atoms with Crippen LogP contribution < -0.4 is 15.8 Å². The van der Waals surface area contributed by atoms with E-state index >= 15 is 0 Å². The zero-order chi connectivity index (χ0) is 14.6. The normalized spacial score (nSPS) is 14.1. The van der Waals surface area contributed by atoms with E-state index in [9.17, 15) is 9.18 Å². The van der Waals surface area contributed by atoms with Crippen molar-refractivity contribution in [3.8, 4) is 5.75 Å². The van der Waals surface area contributed by atoms with Crippen molar-refractivity contribution in [3.63, 3.8) is 0 Å². The Morgan fingerprint density at radius 1 is 1.32 bits per heavy atom. The Bertz CT molecular complexity index is 447. The van der Waals surface area contributed by atoms with Crippen LogP contribution in [0, 0.1) is 5.82 Å². The molecule has 1 aromatic rings. The van der Waals surface area contributed by atoms with Gasteiger partial charge in [-0.1, -0.05) is 0 Å². The number of carbonyl (C=O) groups is 1. The van der Waals surface area contributed by atoms with Crippen molar-refractivity contribution in [2.75, 3.05) is 0 Å². The standard InChI is InChI=1S/C14H21FN2O2/c1-8(2)17-14(18)10(4)19-13-6-5-11(15)7-12(13)9(3)16/h5-10H,16H2,1-4H3,(H,17,18)/t9-,10?/m0/s1. The number of amides is 1. The molecule has 2 atom stereocenters. The van der Waals surface area contributed by atoms with Crippen molar-refractivity contribution >= 4 is 5.91 Å². The number of hydrogen-bond acceptors (Lipinski definition) is 3. The fourth-order valence-electron chi connectivity index (χ4n) is 1.63. The third-order valence-electron chi connectivity index (χ3n) is 2.57. The quantitative estimate of drug-likeness (QED) is 0.860. The molecule has 0 aliphatic carbocycles. The van der Waals surface area contributed by atoms with Gasteiger partial charge in [0, 0.05) is 17.6 Å². The Kier molecular flexibility index (Phi) is 5.30. The summed E-state index contributed by atoms with van der Waals surface area (Å²) < 4.78 is 18.8. The fourth-order valence-corrected chi connectivity index (χ4v) is 1.63. The molecule has 0 heterocycles. The number of nitrogens with two attached hydrogens (primary N) is 1. The monoisotopic (exact) mass is 268 g/mol. The first-order valence-electron chi connectivity index (χ1n) is 6.33. The van der Waals surface area contributed by atoms with E-state index in [1.165, 1.54) is 18.2 Å². The highest BCUT2D eigenvalue weighted by atomic mass is 19.1. The minimum atomic E-state index is -0.662. The second-order valence-electron chi connectivity index (χ2n) is 4.89. The SMILES string of the molecule is CC(C)NC(=O)C(C)Oc1ccc(F)cc1[C@H](C)N. The van der Waals surface area contributed by atoms with Crippen molar-refractivity contribution in [2.45, 2.75) is 45.9 Å². The third-order valence-corrected chi connectivity index (χ3v) is 2.57. The summed E-state index contributed by atoms with van der Waals surface area (Å²) in [7, 11) is 0. The first kappa shape index (κ1) is 15.4. The largest absolute Gasteiger partial charge is 0.481 e. The summed E-state index contributed by atoms with van der Waals surface area (Å²) in [6.07, 6.45) is -0.662. The minimum absolute atomic E-state index is 0.0414. The molecule has 0 aromatic heterocycles. The van der Waals surface area contributed by atoms with E-state index in [-0.39, 0.29) is 23.8 Å². The van der Waals surface area contributed by atoms with Crippen LogP contribution in [-0.4, -0.2) is 18.1 Å². The van der Waals surface area contributed by atoms with Crippen molar-refractivity contribution < 1.29 is 13.9 Å². The lowest BCUT2D eigenvalue weighted by atomic mass is 10.1. The zero-order valence-corrected chi connectivity index (χ0v) is 11.7. The molecule has 106 valence electrons. The molecule has 5 heteroatoms. The fraction of sp³-hybridized carbons (Fsp3) is 0.500. The summed E-state index contributed by atoms with van der Waals surface area (Å²) in [5, 5.41) is 2.75. The molecule has 4 nitrogen and oxygen atoms in total. The first-order valence-corrected chi connectivity index (χ1v) is 6.33. The Balaban J connectivity index is 2.84. The number of nitrogens with one attached hydrogen (secondary N) is 1. The summed E-state index contributed by atoms with van der Waals surface area (Å²) in [6, 6.07) is 3.78. The maximum atomic E-state index is 13.2. The number of ether oxygens (including phenoxy) is 1. The number of hydrogen-bond donors (Lipinski definition) is 2. The van der Waals surface area contributed by atoms with Crippen LogP contribution in [0.5, 0.6) is 5.75 Å². The molecule has 0 bridgehead atoms. The molecule has 0 saturated heterocycles. The van der Waals surface area contributed by atoms with Crippen LogP contribution >= 0.6 is 0 Å². The average molecular weight is 268 g/mol. The number of halogens is 1. The van der Waals surface area contributed by atoms with Crippen molar-refractivity contribution in [1.82, 2.24) is 5.32 Å². The molecule has 0 radical (unpaired) electrons. The number of benzene rings is 1. The van der Waals surface area contributed by atoms with Crippen LogP contribution in [-0.2, 0) is 4.79 Å². The van der Waals surface area contributed by atoms with E-state index in [4.69, 9.17) is 10.5 Å². The molecule has 19 heavy (non-hydrogen) atoms. The topological polar surface area (TPSA) is 64.3 Å². The van der Waals surface area contributed by atoms with E-state index in [0.717, 1.165) is 0 Å². The predicted molar refractivity (Wildman–Crippen MR) is 72.4 cm³/mol. The van der Waals surface area contributed by atoms with Gasteiger partial charge < -0.3 is 15.8 Å². The van der Waals surface area contributed by atoms with E-state index in [2.05, 4.69) is 5.32 Å². The van der Waals surface area contributed by atoms with Gasteiger partial charge >= 0.3 is 0 Å². The highest BCUT2D eigenvalue weighted by molar-refractivity contribution is 5.80. The smallest absolute Gasteiger partial charge is 0.260 e. The van der Waals surface area contributed by atoms with Crippen LogP contribution in [0.2, 0.25) is 0 Å². The lowest BCUT2D eigenvalue weighted by molar-refractivity contribution is -0.127. The first-order chi connectivity index (χ1) is 8.81. The lowest BCUT2D eigenvalue weighted by Crippen LogP contribution is -2.40. The van der Waals surface area contributed by atoms with Gasteiger partial charge in [-0.15, -0.1) is 0 Å². The van der Waals surface area contributed by atoms with E-state index in [0.29, 0.717) is 11.3 Å². The summed E-state index contributed by atoms with van der Waals surface area (Å²) >= 11 is 0. The molecule has 1 aromatic carbocycles. The van der Waals surface area contributed by atoms with Gasteiger partial charge in [0.1, 0.15) is 11.6 Å². The summed E-state index contributed by atoms with van der Waals surface area (Å²) in [6.45, 7) is 7.12. The molecule has 0 spiro atoms. The maximum Gasteiger partial charge on any atom is 0.260 e. The van der Waals surface area contributed by atoms with E-state index < -0.39 is 6.10 Å². The Morgan fingerprint density at radius 2 is 1.95 bits per heavy atom. The van der Waals surface area contributed by atoms with E-state index in [1.807, 2.05) is 13.8 Å². The molecule has 0 saturated carbocycles. The zero-order valence-electron chi connectivity index (χ0n) is 11.7. The van der Waals surface area contributed by atoms with Gasteiger partial charge in [-0.3, -0.25) is 4.79 Å². The van der Waals surface area contributed by atoms with Gasteiger partial charge in [0.15, 0.2) is 6.10 Å². The number of carbonyl (C=O) groups excluding carboxylic acids is 1. The van der Waals surface area contributed by atoms with Gasteiger partial charge in [-0.05, 0) is 45.9 Å². The van der Waals surface area contributed by atoms with E-state index in [1.54, 1.807) is 13.8 Å². The van der Waals surface area contributed by atoms with Crippen molar-refractivity contribution in [1.29, 1.82) is 0 Å². The maximum absolute atomic E-state index is 13.2. The van der Waals surface area contributed by atoms with Crippen LogP contribution in [0.25, 0.3) is 0 Å². The second kappa shape index (κ2) is 6.52. The lowest BCUT2D eigenvalue weighted by Gasteiger charge is -2.19. The summed E-state index contributed by atoms with van der Waals surface area (Å²) in [4.78, 5) is 11.8. The highest BCUT2D eigenvalue weighted by Crippen LogP contribution is 2.25. The molecule has 0 fully saturated rings. The van der Waals surface area contributed by atoms with Crippen LogP contribution in [0.3, 0.4) is 0 Å². The summed E-state index contributed by atoms with van der Waals surface area (Å²) in [5.74, 6) is -0.156. The predicted octanol–water partition coefficient (Wildman–Crippen LogP) is 2.14. The second-order valence-corrected chi connectivity index (χ2v) is 4.89. The van der Waals surface area contributed by atoms with Crippen LogP contribution in [0.15, 0.2) is 18.2 Å². The van der Waals surface area contributed by atoms with Gasteiger partial charge in [0.05, 0.1) is 0 Å². The molecular weight excluding hydrogens is 247 g/mol. The Hall–Kier alpha value is -1.62. The minimum Gasteiger partial charge on any atom is -0.481 e. The van der Waals surface area contributed by atoms with Gasteiger partial charge in [0.25, 0.3) is 5.91 Å². The highest BCUT2D eigenvalue weighted by Gasteiger charge is 2.18. The molecular formula is C14H21FN2O2. The molecule has 3 N–H and O–H groups in total. The molecule has 0 aliphatic rings. The molecule has 1 rings (SSSR count). The molecule has 1 unspecified atom stereocenters. The Morgan fingerprint density at radius 3 is 2.47 bits per heavy atom. The number of rotatable bonds is 5. The van der Waals surface area contributed by atoms with Crippen LogP contribution in [0.4, 0.5) is 4.39 Å². The molecule has 0 aliphatic heterocycles. The average Bonchev–Trinajstić information content (AvgIpc) is 2.30. The summed E-state index contributed by atoms with van der Waals surface area (Å²) in [5.41, 5.74) is 6.31. The van der Waals surface area contributed by atoms with Gasteiger partial charge in [0.2, 0.25) is 0 Å². The molecule has 1 amide bonds. The van der Waals surface area contributed by atoms with Gasteiger partial charge in [-0.25, -0.2) is 4.39 Å². The Labute approximate surface area is 113 Å². The van der Waals surface area contributed by atoms with Crippen molar-refractivity contribution in [3.05, 3.63) is 29.6 Å². The van der Waals surface area contributed by atoms with Gasteiger partial charge in [-0.2, -0.15) is 0 Å². The van der Waals surface area contributed by atoms with Crippen LogP contribution in [0.1, 0.15) is 39.3 Å². The third kappa shape index (κ3) is 4.52. The van der Waals surface area contributed by atoms with Crippen molar-refractivity contribution in [2.24, 2.45) is 5.73 Å².